The lowest BCUT2D eigenvalue weighted by atomic mass is 9.86. The molecule has 2 unspecified atom stereocenters. The van der Waals surface area contributed by atoms with Gasteiger partial charge in [0.1, 0.15) is 0 Å². The van der Waals surface area contributed by atoms with Crippen LogP contribution in [0.15, 0.2) is 0 Å². The molecule has 0 N–H and O–H groups in total. The fraction of sp³-hybridized carbons (Fsp3) is 1.00. The van der Waals surface area contributed by atoms with Crippen LogP contribution in [0.2, 0.25) is 0 Å². The first-order valence-corrected chi connectivity index (χ1v) is 9.53. The van der Waals surface area contributed by atoms with Gasteiger partial charge in [-0.15, -0.1) is 0 Å². The molecule has 0 radical (unpaired) electrons. The first-order chi connectivity index (χ1) is 8.85. The monoisotopic (exact) mass is 290 g/mol. The summed E-state index contributed by atoms with van der Waals surface area (Å²) in [7, 11) is -1.78. The predicted octanol–water partition coefficient (Wildman–Crippen LogP) is 5.91. The van der Waals surface area contributed by atoms with Gasteiger partial charge in [-0.1, -0.05) is 66.7 Å². The average Bonchev–Trinajstić information content (AvgIpc) is 2.29. The topological polar surface area (TPSA) is 26.3 Å². The van der Waals surface area contributed by atoms with Crippen molar-refractivity contribution in [3.8, 4) is 0 Å². The third-order valence-corrected chi connectivity index (χ3v) is 4.47. The normalized spacial score (nSPS) is 15.4. The Morgan fingerprint density at radius 1 is 1.05 bits per heavy atom. The number of hydrogen-bond acceptors (Lipinski definition) is 2. The van der Waals surface area contributed by atoms with Crippen LogP contribution in [0.1, 0.15) is 79.6 Å². The quantitative estimate of drug-likeness (QED) is 0.349. The highest BCUT2D eigenvalue weighted by atomic mass is 31.1. The van der Waals surface area contributed by atoms with Gasteiger partial charge in [-0.25, -0.2) is 0 Å². The van der Waals surface area contributed by atoms with Gasteiger partial charge in [-0.05, 0) is 24.2 Å². The van der Waals surface area contributed by atoms with Crippen LogP contribution in [0.5, 0.6) is 0 Å². The van der Waals surface area contributed by atoms with Crippen molar-refractivity contribution in [3.05, 3.63) is 0 Å². The fourth-order valence-electron chi connectivity index (χ4n) is 2.46. The Morgan fingerprint density at radius 3 is 2.21 bits per heavy atom. The van der Waals surface area contributed by atoms with Gasteiger partial charge in [-0.3, -0.25) is 4.57 Å². The molecule has 0 rings (SSSR count). The SMILES string of the molecule is CCCCCCCC[PH](=O)OCC(C)CC(C)(C)C. The lowest BCUT2D eigenvalue weighted by Crippen LogP contribution is -2.14. The number of unbranched alkanes of at least 4 members (excludes halogenated alkanes) is 5. The highest BCUT2D eigenvalue weighted by Crippen LogP contribution is 2.29. The van der Waals surface area contributed by atoms with Crippen molar-refractivity contribution in [2.24, 2.45) is 11.3 Å². The zero-order valence-corrected chi connectivity index (χ0v) is 14.8. The molecule has 0 saturated carbocycles. The molecule has 0 aliphatic carbocycles. The molecule has 0 aliphatic rings. The summed E-state index contributed by atoms with van der Waals surface area (Å²) in [5.41, 5.74) is 0.331. The van der Waals surface area contributed by atoms with Crippen LogP contribution >= 0.6 is 8.03 Å². The molecule has 0 saturated heterocycles. The van der Waals surface area contributed by atoms with Crippen molar-refractivity contribution in [1.82, 2.24) is 0 Å². The van der Waals surface area contributed by atoms with E-state index >= 15 is 0 Å². The Balaban J connectivity index is 3.49. The smallest absolute Gasteiger partial charge is 0.191 e. The van der Waals surface area contributed by atoms with Crippen LogP contribution in [-0.2, 0) is 9.09 Å². The zero-order chi connectivity index (χ0) is 14.7. The van der Waals surface area contributed by atoms with E-state index in [1.54, 1.807) is 0 Å². The minimum Gasteiger partial charge on any atom is -0.330 e. The van der Waals surface area contributed by atoms with Crippen LogP contribution in [-0.4, -0.2) is 12.8 Å². The van der Waals surface area contributed by atoms with Crippen molar-refractivity contribution in [3.63, 3.8) is 0 Å². The molecule has 2 atom stereocenters. The highest BCUT2D eigenvalue weighted by molar-refractivity contribution is 7.39. The average molecular weight is 290 g/mol. The van der Waals surface area contributed by atoms with E-state index in [2.05, 4.69) is 34.6 Å². The largest absolute Gasteiger partial charge is 0.330 e. The van der Waals surface area contributed by atoms with Crippen molar-refractivity contribution < 1.29 is 9.09 Å². The molecule has 116 valence electrons. The summed E-state index contributed by atoms with van der Waals surface area (Å²) in [6.45, 7) is 11.8. The Morgan fingerprint density at radius 2 is 1.63 bits per heavy atom. The molecule has 0 aromatic carbocycles. The van der Waals surface area contributed by atoms with Gasteiger partial charge in [0.25, 0.3) is 0 Å². The second kappa shape index (κ2) is 10.9. The first-order valence-electron chi connectivity index (χ1n) is 8.00. The van der Waals surface area contributed by atoms with E-state index in [9.17, 15) is 4.57 Å². The second-order valence-electron chi connectivity index (χ2n) is 7.07. The summed E-state index contributed by atoms with van der Waals surface area (Å²) < 4.78 is 17.3. The summed E-state index contributed by atoms with van der Waals surface area (Å²) in [6.07, 6.45) is 9.39. The maximum atomic E-state index is 11.8. The van der Waals surface area contributed by atoms with Gasteiger partial charge in [0, 0.05) is 6.16 Å². The second-order valence-corrected chi connectivity index (χ2v) is 8.60. The molecule has 3 heteroatoms. The molecule has 0 aromatic rings. The van der Waals surface area contributed by atoms with Gasteiger partial charge < -0.3 is 4.52 Å². The van der Waals surface area contributed by atoms with E-state index in [1.807, 2.05) is 0 Å². The number of hydrogen-bond donors (Lipinski definition) is 0. The molecule has 0 aliphatic heterocycles. The van der Waals surface area contributed by atoms with E-state index in [0.717, 1.165) is 19.0 Å². The number of rotatable bonds is 11. The molecule has 0 amide bonds. The van der Waals surface area contributed by atoms with Crippen molar-refractivity contribution in [1.29, 1.82) is 0 Å². The van der Waals surface area contributed by atoms with Gasteiger partial charge in [-0.2, -0.15) is 0 Å². The highest BCUT2D eigenvalue weighted by Gasteiger charge is 2.15. The molecule has 0 fully saturated rings. The molecule has 19 heavy (non-hydrogen) atoms. The molecular formula is C16H35O2P. The van der Waals surface area contributed by atoms with Crippen LogP contribution in [0.3, 0.4) is 0 Å². The minimum atomic E-state index is -1.78. The van der Waals surface area contributed by atoms with Crippen LogP contribution in [0.4, 0.5) is 0 Å². The van der Waals surface area contributed by atoms with E-state index < -0.39 is 8.03 Å². The summed E-state index contributed by atoms with van der Waals surface area (Å²) >= 11 is 0. The Kier molecular flexibility index (Phi) is 11.0. The van der Waals surface area contributed by atoms with Gasteiger partial charge in [0.05, 0.1) is 6.61 Å². The summed E-state index contributed by atoms with van der Waals surface area (Å²) in [6, 6.07) is 0. The molecule has 0 heterocycles. The summed E-state index contributed by atoms with van der Waals surface area (Å²) in [4.78, 5) is 0. The van der Waals surface area contributed by atoms with E-state index in [1.165, 1.54) is 32.1 Å². The van der Waals surface area contributed by atoms with E-state index in [-0.39, 0.29) is 0 Å². The molecule has 0 bridgehead atoms. The molecular weight excluding hydrogens is 255 g/mol. The first kappa shape index (κ1) is 19.2. The Labute approximate surface area is 121 Å². The lowest BCUT2D eigenvalue weighted by Gasteiger charge is -2.22. The van der Waals surface area contributed by atoms with Gasteiger partial charge in [0.15, 0.2) is 8.03 Å². The van der Waals surface area contributed by atoms with E-state index in [0.29, 0.717) is 17.9 Å². The third-order valence-electron chi connectivity index (χ3n) is 3.22. The van der Waals surface area contributed by atoms with Gasteiger partial charge >= 0.3 is 0 Å². The van der Waals surface area contributed by atoms with Crippen LogP contribution < -0.4 is 0 Å². The minimum absolute atomic E-state index is 0.331. The van der Waals surface area contributed by atoms with Crippen LogP contribution in [0, 0.1) is 11.3 Å². The molecule has 0 aromatic heterocycles. The fourth-order valence-corrected chi connectivity index (χ4v) is 3.61. The van der Waals surface area contributed by atoms with Crippen molar-refractivity contribution in [2.45, 2.75) is 79.6 Å². The van der Waals surface area contributed by atoms with Crippen molar-refractivity contribution in [2.75, 3.05) is 12.8 Å². The standard InChI is InChI=1S/C16H35O2P/c1-6-7-8-9-10-11-12-19(17)18-14-15(2)13-16(3,4)5/h15,19H,6-14H2,1-5H3. The maximum absolute atomic E-state index is 11.8. The zero-order valence-electron chi connectivity index (χ0n) is 13.8. The Hall–Kier alpha value is 0.190. The maximum Gasteiger partial charge on any atom is 0.191 e. The lowest BCUT2D eigenvalue weighted by molar-refractivity contribution is 0.214. The molecule has 2 nitrogen and oxygen atoms in total. The summed E-state index contributed by atoms with van der Waals surface area (Å²) in [5.74, 6) is 0.499. The van der Waals surface area contributed by atoms with Crippen LogP contribution in [0.25, 0.3) is 0 Å². The van der Waals surface area contributed by atoms with E-state index in [4.69, 9.17) is 4.52 Å². The summed E-state index contributed by atoms with van der Waals surface area (Å²) in [5, 5.41) is 0. The third kappa shape index (κ3) is 14.4. The van der Waals surface area contributed by atoms with Gasteiger partial charge in [0.2, 0.25) is 0 Å². The predicted molar refractivity (Wildman–Crippen MR) is 86.4 cm³/mol. The molecule has 0 spiro atoms. The Bertz CT molecular complexity index is 233. The van der Waals surface area contributed by atoms with Crippen molar-refractivity contribution >= 4 is 8.03 Å².